The van der Waals surface area contributed by atoms with E-state index in [1.165, 1.54) is 10.5 Å². The number of sulfonamides is 1. The van der Waals surface area contributed by atoms with Crippen LogP contribution < -0.4 is 0 Å². The van der Waals surface area contributed by atoms with Crippen molar-refractivity contribution in [1.82, 2.24) is 9.29 Å². The third-order valence-electron chi connectivity index (χ3n) is 3.02. The maximum Gasteiger partial charge on any atom is 0.244 e. The zero-order chi connectivity index (χ0) is 13.3. The molecule has 2 rings (SSSR count). The third kappa shape index (κ3) is 2.56. The van der Waals surface area contributed by atoms with Crippen LogP contribution in [-0.2, 0) is 20.6 Å². The molecule has 2 heterocycles. The van der Waals surface area contributed by atoms with Gasteiger partial charge in [0.2, 0.25) is 10.0 Å². The van der Waals surface area contributed by atoms with Crippen molar-refractivity contribution in [2.45, 2.75) is 36.8 Å². The number of hydrogen-bond acceptors (Lipinski definition) is 3. The number of ether oxygens (including phenoxy) is 1. The van der Waals surface area contributed by atoms with E-state index in [-0.39, 0.29) is 22.9 Å². The molecule has 0 saturated carbocycles. The van der Waals surface area contributed by atoms with Gasteiger partial charge in [0.05, 0.1) is 23.5 Å². The lowest BCUT2D eigenvalue weighted by atomic mass is 10.2. The Morgan fingerprint density at radius 3 is 2.89 bits per heavy atom. The molecule has 0 amide bonds. The molecular weight excluding hydrogens is 276 g/mol. The van der Waals surface area contributed by atoms with E-state index in [4.69, 9.17) is 16.3 Å². The summed E-state index contributed by atoms with van der Waals surface area (Å²) in [6.45, 7) is 4.52. The molecule has 1 fully saturated rings. The van der Waals surface area contributed by atoms with E-state index in [1.54, 1.807) is 6.07 Å². The Morgan fingerprint density at radius 1 is 1.56 bits per heavy atom. The predicted molar refractivity (Wildman–Crippen MR) is 69.1 cm³/mol. The molecule has 7 heteroatoms. The van der Waals surface area contributed by atoms with E-state index in [1.807, 2.05) is 13.8 Å². The Kier molecular flexibility index (Phi) is 4.01. The first-order valence-corrected chi connectivity index (χ1v) is 7.79. The number of hydrogen-bond donors (Lipinski definition) is 1. The molecule has 0 aliphatic carbocycles. The average molecular weight is 293 g/mol. The molecule has 1 aliphatic heterocycles. The molecule has 18 heavy (non-hydrogen) atoms. The van der Waals surface area contributed by atoms with Crippen molar-refractivity contribution in [1.29, 1.82) is 0 Å². The predicted octanol–water partition coefficient (Wildman–Crippen LogP) is 1.55. The van der Waals surface area contributed by atoms with Crippen LogP contribution in [0, 0.1) is 0 Å². The highest BCUT2D eigenvalue weighted by atomic mass is 35.5. The number of morpholine rings is 1. The van der Waals surface area contributed by atoms with Gasteiger partial charge in [-0.3, -0.25) is 0 Å². The molecule has 0 aromatic carbocycles. The van der Waals surface area contributed by atoms with E-state index in [0.29, 0.717) is 18.8 Å². The van der Waals surface area contributed by atoms with Gasteiger partial charge in [0, 0.05) is 24.5 Å². The van der Waals surface area contributed by atoms with Crippen molar-refractivity contribution in [2.75, 3.05) is 13.2 Å². The zero-order valence-corrected chi connectivity index (χ0v) is 12.0. The van der Waals surface area contributed by atoms with Crippen LogP contribution in [0.1, 0.15) is 19.5 Å². The van der Waals surface area contributed by atoms with Gasteiger partial charge in [-0.1, -0.05) is 0 Å². The molecule has 5 nitrogen and oxygen atoms in total. The summed E-state index contributed by atoms with van der Waals surface area (Å²) in [5, 5.41) is 0. The van der Waals surface area contributed by atoms with E-state index >= 15 is 0 Å². The highest BCUT2D eigenvalue weighted by molar-refractivity contribution is 7.89. The summed E-state index contributed by atoms with van der Waals surface area (Å²) < 4.78 is 31.9. The first-order chi connectivity index (χ1) is 8.45. The molecule has 1 aromatic heterocycles. The van der Waals surface area contributed by atoms with Gasteiger partial charge in [-0.25, -0.2) is 8.42 Å². The number of aromatic nitrogens is 1. The van der Waals surface area contributed by atoms with Gasteiger partial charge in [-0.05, 0) is 19.9 Å². The minimum atomic E-state index is -3.47. The van der Waals surface area contributed by atoms with Crippen LogP contribution in [0.5, 0.6) is 0 Å². The largest absolute Gasteiger partial charge is 0.375 e. The zero-order valence-electron chi connectivity index (χ0n) is 10.4. The SMILES string of the molecule is CC1CN(S(=O)(=O)c2c[nH]c(CCl)c2)C(C)CO1. The lowest BCUT2D eigenvalue weighted by Gasteiger charge is -2.35. The van der Waals surface area contributed by atoms with E-state index in [2.05, 4.69) is 4.98 Å². The van der Waals surface area contributed by atoms with E-state index in [0.717, 1.165) is 0 Å². The second-order valence-electron chi connectivity index (χ2n) is 4.56. The summed E-state index contributed by atoms with van der Waals surface area (Å²) in [6.07, 6.45) is 1.40. The summed E-state index contributed by atoms with van der Waals surface area (Å²) in [6, 6.07) is 1.43. The van der Waals surface area contributed by atoms with Crippen LogP contribution in [0.15, 0.2) is 17.2 Å². The Balaban J connectivity index is 2.29. The third-order valence-corrected chi connectivity index (χ3v) is 5.26. The van der Waals surface area contributed by atoms with Crippen molar-refractivity contribution >= 4 is 21.6 Å². The number of rotatable bonds is 3. The van der Waals surface area contributed by atoms with Crippen molar-refractivity contribution < 1.29 is 13.2 Å². The monoisotopic (exact) mass is 292 g/mol. The summed E-state index contributed by atoms with van der Waals surface area (Å²) in [5.74, 6) is 0.268. The Hall–Kier alpha value is -0.560. The van der Waals surface area contributed by atoms with Crippen molar-refractivity contribution in [2.24, 2.45) is 0 Å². The van der Waals surface area contributed by atoms with Gasteiger partial charge in [-0.2, -0.15) is 4.31 Å². The standard InChI is InChI=1S/C11H17ClN2O3S/c1-8-7-17-9(2)6-14(8)18(15,16)11-3-10(4-12)13-5-11/h3,5,8-9,13H,4,6-7H2,1-2H3. The Labute approximate surface area is 112 Å². The second-order valence-corrected chi connectivity index (χ2v) is 6.72. The summed E-state index contributed by atoms with van der Waals surface area (Å²) in [4.78, 5) is 3.12. The number of nitrogens with zero attached hydrogens (tertiary/aromatic N) is 1. The summed E-state index contributed by atoms with van der Waals surface area (Å²) >= 11 is 5.67. The van der Waals surface area contributed by atoms with Gasteiger partial charge in [0.1, 0.15) is 0 Å². The average Bonchev–Trinajstić information content (AvgIpc) is 2.81. The van der Waals surface area contributed by atoms with Crippen LogP contribution in [0.25, 0.3) is 0 Å². The van der Waals surface area contributed by atoms with Gasteiger partial charge >= 0.3 is 0 Å². The van der Waals surface area contributed by atoms with Crippen LogP contribution in [-0.4, -0.2) is 43.0 Å². The molecular formula is C11H17ClN2O3S. The summed E-state index contributed by atoms with van der Waals surface area (Å²) in [7, 11) is -3.47. The molecule has 1 aliphatic rings. The molecule has 0 spiro atoms. The second kappa shape index (κ2) is 5.21. The van der Waals surface area contributed by atoms with Crippen LogP contribution in [0.2, 0.25) is 0 Å². The van der Waals surface area contributed by atoms with E-state index < -0.39 is 10.0 Å². The minimum Gasteiger partial charge on any atom is -0.375 e. The number of nitrogens with one attached hydrogen (secondary N) is 1. The van der Waals surface area contributed by atoms with Crippen molar-refractivity contribution in [3.63, 3.8) is 0 Å². The van der Waals surface area contributed by atoms with Crippen molar-refractivity contribution in [3.8, 4) is 0 Å². The number of halogens is 1. The fourth-order valence-corrected chi connectivity index (χ4v) is 3.85. The molecule has 1 saturated heterocycles. The molecule has 2 atom stereocenters. The Bertz CT molecular complexity index is 514. The van der Waals surface area contributed by atoms with Gasteiger partial charge in [0.25, 0.3) is 0 Å². The first kappa shape index (κ1) is 13.9. The van der Waals surface area contributed by atoms with E-state index in [9.17, 15) is 8.42 Å². The number of alkyl halides is 1. The van der Waals surface area contributed by atoms with Crippen LogP contribution in [0.3, 0.4) is 0 Å². The smallest absolute Gasteiger partial charge is 0.244 e. The molecule has 1 N–H and O–H groups in total. The topological polar surface area (TPSA) is 62.4 Å². The number of H-pyrrole nitrogens is 1. The van der Waals surface area contributed by atoms with Crippen LogP contribution >= 0.6 is 11.6 Å². The Morgan fingerprint density at radius 2 is 2.28 bits per heavy atom. The van der Waals surface area contributed by atoms with Crippen molar-refractivity contribution in [3.05, 3.63) is 18.0 Å². The van der Waals surface area contributed by atoms with Gasteiger partial charge < -0.3 is 9.72 Å². The van der Waals surface area contributed by atoms with Gasteiger partial charge in [-0.15, -0.1) is 11.6 Å². The molecule has 1 aromatic rings. The van der Waals surface area contributed by atoms with Crippen LogP contribution in [0.4, 0.5) is 0 Å². The fourth-order valence-electron chi connectivity index (χ4n) is 1.99. The molecule has 0 radical (unpaired) electrons. The normalized spacial score (nSPS) is 26.4. The highest BCUT2D eigenvalue weighted by Crippen LogP contribution is 2.23. The molecule has 2 unspecified atom stereocenters. The quantitative estimate of drug-likeness (QED) is 0.860. The maximum atomic E-state index is 12.5. The maximum absolute atomic E-state index is 12.5. The van der Waals surface area contributed by atoms with Gasteiger partial charge in [0.15, 0.2) is 0 Å². The minimum absolute atomic E-state index is 0.0811. The lowest BCUT2D eigenvalue weighted by Crippen LogP contribution is -2.49. The first-order valence-electron chi connectivity index (χ1n) is 5.82. The lowest BCUT2D eigenvalue weighted by molar-refractivity contribution is -0.0170. The summed E-state index contributed by atoms with van der Waals surface area (Å²) in [5.41, 5.74) is 0.698. The fraction of sp³-hybridized carbons (Fsp3) is 0.636. The highest BCUT2D eigenvalue weighted by Gasteiger charge is 2.34. The molecule has 0 bridgehead atoms. The number of aromatic amines is 1. The molecule has 102 valence electrons.